The fourth-order valence-corrected chi connectivity index (χ4v) is 2.51. The van der Waals surface area contributed by atoms with E-state index in [0.29, 0.717) is 23.4 Å². The molecule has 0 aliphatic rings. The van der Waals surface area contributed by atoms with Gasteiger partial charge in [-0.25, -0.2) is 5.48 Å². The van der Waals surface area contributed by atoms with Crippen LogP contribution in [0, 0.1) is 6.92 Å². The molecule has 0 fully saturated rings. The molecular formula is C19H18N2O5. The van der Waals surface area contributed by atoms with Crippen LogP contribution in [0.3, 0.4) is 0 Å². The summed E-state index contributed by atoms with van der Waals surface area (Å²) in [6.07, 6.45) is 0. The van der Waals surface area contributed by atoms with E-state index >= 15 is 0 Å². The highest BCUT2D eigenvalue weighted by atomic mass is 16.5. The van der Waals surface area contributed by atoms with E-state index in [-0.39, 0.29) is 18.3 Å². The molecule has 0 saturated carbocycles. The second kappa shape index (κ2) is 7.71. The topological polar surface area (TPSA) is 101 Å². The van der Waals surface area contributed by atoms with Gasteiger partial charge in [0.1, 0.15) is 17.9 Å². The molecule has 3 aromatic rings. The molecular weight excluding hydrogens is 336 g/mol. The first-order valence-electron chi connectivity index (χ1n) is 8.03. The fourth-order valence-electron chi connectivity index (χ4n) is 2.51. The Morgan fingerprint density at radius 3 is 2.58 bits per heavy atom. The number of aryl methyl sites for hydroxylation is 1. The maximum Gasteiger partial charge on any atom is 0.287 e. The van der Waals surface area contributed by atoms with Crippen molar-refractivity contribution in [3.8, 4) is 5.75 Å². The normalized spacial score (nSPS) is 10.5. The number of hydrogen-bond acceptors (Lipinski definition) is 5. The lowest BCUT2D eigenvalue weighted by Crippen LogP contribution is -2.27. The number of fused-ring (bicyclic) bond motifs is 1. The number of hydroxylamine groups is 1. The third-order valence-corrected chi connectivity index (χ3v) is 3.88. The van der Waals surface area contributed by atoms with Gasteiger partial charge in [-0.15, -0.1) is 0 Å². The van der Waals surface area contributed by atoms with Crippen LogP contribution in [0.5, 0.6) is 5.75 Å². The molecule has 0 aliphatic carbocycles. The molecule has 0 bridgehead atoms. The third kappa shape index (κ3) is 3.84. The Bertz CT molecular complexity index is 931. The second-order valence-electron chi connectivity index (χ2n) is 5.67. The largest absolute Gasteiger partial charge is 0.492 e. The van der Waals surface area contributed by atoms with Crippen molar-refractivity contribution in [1.82, 2.24) is 10.8 Å². The van der Waals surface area contributed by atoms with Crippen LogP contribution in [0.25, 0.3) is 11.0 Å². The molecule has 2 aromatic carbocycles. The van der Waals surface area contributed by atoms with Gasteiger partial charge in [-0.2, -0.15) is 0 Å². The Morgan fingerprint density at radius 2 is 1.88 bits per heavy atom. The van der Waals surface area contributed by atoms with E-state index in [4.69, 9.17) is 14.4 Å². The molecule has 26 heavy (non-hydrogen) atoms. The van der Waals surface area contributed by atoms with E-state index in [1.807, 2.05) is 25.1 Å². The molecule has 0 unspecified atom stereocenters. The number of ether oxygens (including phenoxy) is 1. The van der Waals surface area contributed by atoms with Gasteiger partial charge >= 0.3 is 0 Å². The van der Waals surface area contributed by atoms with Gasteiger partial charge < -0.3 is 14.5 Å². The molecule has 1 aromatic heterocycles. The molecule has 0 aliphatic heterocycles. The Hall–Kier alpha value is -3.32. The average Bonchev–Trinajstić information content (AvgIpc) is 3.11. The molecule has 2 amide bonds. The third-order valence-electron chi connectivity index (χ3n) is 3.88. The molecule has 3 N–H and O–H groups in total. The van der Waals surface area contributed by atoms with Crippen LogP contribution in [0.15, 0.2) is 52.9 Å². The van der Waals surface area contributed by atoms with Crippen LogP contribution in [-0.4, -0.2) is 30.2 Å². The van der Waals surface area contributed by atoms with Crippen molar-refractivity contribution in [2.75, 3.05) is 13.2 Å². The van der Waals surface area contributed by atoms with Crippen LogP contribution in [-0.2, 0) is 0 Å². The van der Waals surface area contributed by atoms with Gasteiger partial charge in [-0.3, -0.25) is 14.8 Å². The number of nitrogens with one attached hydrogen (secondary N) is 2. The number of carbonyl (C=O) groups excluding carboxylic acids is 2. The van der Waals surface area contributed by atoms with E-state index in [1.165, 1.54) is 12.1 Å². The van der Waals surface area contributed by atoms with E-state index < -0.39 is 5.91 Å². The maximum atomic E-state index is 12.2. The van der Waals surface area contributed by atoms with Crippen molar-refractivity contribution >= 4 is 22.8 Å². The predicted molar refractivity (Wildman–Crippen MR) is 94.5 cm³/mol. The zero-order valence-electron chi connectivity index (χ0n) is 14.1. The summed E-state index contributed by atoms with van der Waals surface area (Å²) in [7, 11) is 0. The van der Waals surface area contributed by atoms with Crippen molar-refractivity contribution in [3.05, 3.63) is 65.4 Å². The number of carbonyl (C=O) groups is 2. The molecule has 0 saturated heterocycles. The van der Waals surface area contributed by atoms with E-state index in [0.717, 1.165) is 10.9 Å². The van der Waals surface area contributed by atoms with Gasteiger partial charge in [0.15, 0.2) is 5.76 Å². The van der Waals surface area contributed by atoms with Gasteiger partial charge in [0, 0.05) is 10.9 Å². The summed E-state index contributed by atoms with van der Waals surface area (Å²) in [6.45, 7) is 2.52. The minimum atomic E-state index is -0.593. The standard InChI is InChI=1S/C19H18N2O5/c1-12-3-2-4-16-15(12)11-17(26-16)19(23)20-9-10-25-14-7-5-13(6-8-14)18(22)21-24/h2-8,11,24H,9-10H2,1H3,(H,20,23)(H,21,22). The van der Waals surface area contributed by atoms with Gasteiger partial charge in [0.25, 0.3) is 11.8 Å². The molecule has 0 atom stereocenters. The smallest absolute Gasteiger partial charge is 0.287 e. The van der Waals surface area contributed by atoms with Gasteiger partial charge in [-0.05, 0) is 48.9 Å². The minimum absolute atomic E-state index is 0.258. The summed E-state index contributed by atoms with van der Waals surface area (Å²) < 4.78 is 11.1. The lowest BCUT2D eigenvalue weighted by atomic mass is 10.1. The van der Waals surface area contributed by atoms with Gasteiger partial charge in [0.05, 0.1) is 6.54 Å². The second-order valence-corrected chi connectivity index (χ2v) is 5.67. The van der Waals surface area contributed by atoms with Crippen molar-refractivity contribution in [2.45, 2.75) is 6.92 Å². The van der Waals surface area contributed by atoms with Crippen molar-refractivity contribution < 1.29 is 24.0 Å². The maximum absolute atomic E-state index is 12.2. The Balaban J connectivity index is 1.50. The molecule has 7 nitrogen and oxygen atoms in total. The fraction of sp³-hybridized carbons (Fsp3) is 0.158. The van der Waals surface area contributed by atoms with E-state index in [1.54, 1.807) is 23.7 Å². The number of furan rings is 1. The van der Waals surface area contributed by atoms with Gasteiger partial charge in [0.2, 0.25) is 0 Å². The van der Waals surface area contributed by atoms with Crippen molar-refractivity contribution in [2.24, 2.45) is 0 Å². The summed E-state index contributed by atoms with van der Waals surface area (Å²) >= 11 is 0. The number of hydrogen-bond donors (Lipinski definition) is 3. The molecule has 134 valence electrons. The van der Waals surface area contributed by atoms with E-state index in [9.17, 15) is 9.59 Å². The first kappa shape index (κ1) is 17.5. The quantitative estimate of drug-likeness (QED) is 0.359. The molecule has 0 spiro atoms. The molecule has 0 radical (unpaired) electrons. The molecule has 7 heteroatoms. The van der Waals surface area contributed by atoms with Crippen LogP contribution >= 0.6 is 0 Å². The van der Waals surface area contributed by atoms with Crippen molar-refractivity contribution in [1.29, 1.82) is 0 Å². The zero-order valence-corrected chi connectivity index (χ0v) is 14.1. The average molecular weight is 354 g/mol. The number of amides is 2. The summed E-state index contributed by atoms with van der Waals surface area (Å²) in [5, 5.41) is 12.2. The summed E-state index contributed by atoms with van der Waals surface area (Å²) in [5.74, 6) is -0.0918. The minimum Gasteiger partial charge on any atom is -0.492 e. The van der Waals surface area contributed by atoms with Crippen LogP contribution in [0.4, 0.5) is 0 Å². The highest BCUT2D eigenvalue weighted by molar-refractivity contribution is 5.96. The van der Waals surface area contributed by atoms with Gasteiger partial charge in [-0.1, -0.05) is 12.1 Å². The summed E-state index contributed by atoms with van der Waals surface area (Å²) in [4.78, 5) is 23.4. The number of rotatable bonds is 6. The SMILES string of the molecule is Cc1cccc2oc(C(=O)NCCOc3ccc(C(=O)NO)cc3)cc12. The monoisotopic (exact) mass is 354 g/mol. The summed E-state index contributed by atoms with van der Waals surface area (Å²) in [6, 6.07) is 13.7. The Labute approximate surface area is 149 Å². The first-order valence-corrected chi connectivity index (χ1v) is 8.03. The summed E-state index contributed by atoms with van der Waals surface area (Å²) in [5.41, 5.74) is 3.60. The zero-order chi connectivity index (χ0) is 18.5. The highest BCUT2D eigenvalue weighted by Gasteiger charge is 2.12. The highest BCUT2D eigenvalue weighted by Crippen LogP contribution is 2.22. The predicted octanol–water partition coefficient (Wildman–Crippen LogP) is 2.67. The van der Waals surface area contributed by atoms with Crippen LogP contribution in [0.2, 0.25) is 0 Å². The Morgan fingerprint density at radius 1 is 1.12 bits per heavy atom. The van der Waals surface area contributed by atoms with Crippen LogP contribution < -0.4 is 15.5 Å². The number of benzene rings is 2. The lowest BCUT2D eigenvalue weighted by molar-refractivity contribution is 0.0706. The first-order chi connectivity index (χ1) is 12.6. The van der Waals surface area contributed by atoms with E-state index in [2.05, 4.69) is 5.32 Å². The van der Waals surface area contributed by atoms with Crippen molar-refractivity contribution in [3.63, 3.8) is 0 Å². The van der Waals surface area contributed by atoms with Crippen LogP contribution in [0.1, 0.15) is 26.5 Å². The Kier molecular flexibility index (Phi) is 5.19. The molecule has 1 heterocycles. The molecule has 3 rings (SSSR count). The lowest BCUT2D eigenvalue weighted by Gasteiger charge is -2.07.